The molecule has 0 unspecified atom stereocenters. The van der Waals surface area contributed by atoms with Crippen LogP contribution in [0, 0.1) is 5.82 Å². The lowest BCUT2D eigenvalue weighted by molar-refractivity contribution is -0.684. The van der Waals surface area contributed by atoms with E-state index in [0.29, 0.717) is 24.1 Å². The summed E-state index contributed by atoms with van der Waals surface area (Å²) in [5, 5.41) is 4.55. The van der Waals surface area contributed by atoms with Crippen LogP contribution in [-0.4, -0.2) is 80.7 Å². The highest BCUT2D eigenvalue weighted by Gasteiger charge is 2.55. The van der Waals surface area contributed by atoms with Gasteiger partial charge in [-0.1, -0.05) is 60.7 Å². The monoisotopic (exact) mass is 999 g/mol. The number of hydrogen-bond acceptors (Lipinski definition) is 11. The standard InChI is InChI=1S/C49H50FN5O10S.BrH/c1-48(2,3)64-46(60)52-39-43(58)55-40(45(59)63-41(31-13-9-7-10-14-31)32-15-11-8-12-16-32)34(29-66-44(39)55)25-33-21-24-54(42(33)57)27-30-19-22-53(23-20-30)28-38(56)51-37-18-17-35(26-36(37)50)62-47(61)65-49(4,5)6;/h7-20,22-23,25-26,39,41,44H,21,24,27-29H2,1-6H3,(H-,51,52,56,60);1H/t39-,44-;/m1./s1. The van der Waals surface area contributed by atoms with E-state index in [0.717, 1.165) is 22.8 Å². The van der Waals surface area contributed by atoms with Crippen molar-refractivity contribution in [2.24, 2.45) is 0 Å². The van der Waals surface area contributed by atoms with E-state index >= 15 is 0 Å². The predicted octanol–water partition coefficient (Wildman–Crippen LogP) is 4.12. The third-order valence-electron chi connectivity index (χ3n) is 10.3. The molecule has 352 valence electrons. The molecule has 3 aromatic carbocycles. The van der Waals surface area contributed by atoms with Crippen molar-refractivity contribution in [3.63, 3.8) is 0 Å². The number of likely N-dealkylation sites (tertiary alicyclic amines) is 1. The second kappa shape index (κ2) is 21.0. The van der Waals surface area contributed by atoms with E-state index in [1.165, 1.54) is 28.8 Å². The van der Waals surface area contributed by atoms with Gasteiger partial charge in [-0.3, -0.25) is 19.3 Å². The molecule has 2 fully saturated rings. The lowest BCUT2D eigenvalue weighted by atomic mass is 10.00. The molecule has 2 atom stereocenters. The van der Waals surface area contributed by atoms with Crippen LogP contribution in [0.15, 0.2) is 126 Å². The Balaban J connectivity index is 0.00000741. The van der Waals surface area contributed by atoms with Gasteiger partial charge in [-0.2, -0.15) is 4.57 Å². The summed E-state index contributed by atoms with van der Waals surface area (Å²) in [6, 6.07) is 24.7. The van der Waals surface area contributed by atoms with Gasteiger partial charge in [0.15, 0.2) is 18.5 Å². The average molecular weight is 1000 g/mol. The van der Waals surface area contributed by atoms with Crippen LogP contribution in [0.4, 0.5) is 19.7 Å². The predicted molar refractivity (Wildman–Crippen MR) is 241 cm³/mol. The van der Waals surface area contributed by atoms with Crippen LogP contribution in [0.5, 0.6) is 5.75 Å². The number of halogens is 2. The smallest absolute Gasteiger partial charge is 0.514 e. The Bertz CT molecular complexity index is 2540. The molecule has 3 aliphatic rings. The molecule has 2 N–H and O–H groups in total. The first-order valence-corrected chi connectivity index (χ1v) is 22.3. The Labute approximate surface area is 402 Å². The number of β-lactam (4-membered cyclic amide) rings is 1. The van der Waals surface area contributed by atoms with Crippen LogP contribution in [0.2, 0.25) is 0 Å². The van der Waals surface area contributed by atoms with Crippen molar-refractivity contribution in [2.75, 3.05) is 17.6 Å². The van der Waals surface area contributed by atoms with E-state index in [9.17, 15) is 33.2 Å². The summed E-state index contributed by atoms with van der Waals surface area (Å²) in [5.74, 6) is -2.65. The van der Waals surface area contributed by atoms with Gasteiger partial charge in [0.05, 0.1) is 5.69 Å². The summed E-state index contributed by atoms with van der Waals surface area (Å²) < 4.78 is 38.2. The van der Waals surface area contributed by atoms with E-state index in [4.69, 9.17) is 18.9 Å². The molecule has 0 saturated carbocycles. The molecule has 18 heteroatoms. The van der Waals surface area contributed by atoms with Gasteiger partial charge in [-0.25, -0.2) is 18.8 Å². The van der Waals surface area contributed by atoms with Crippen molar-refractivity contribution in [3.8, 4) is 5.75 Å². The van der Waals surface area contributed by atoms with Crippen LogP contribution in [-0.2, 0) is 46.5 Å². The van der Waals surface area contributed by atoms with Gasteiger partial charge in [-0.15, -0.1) is 11.8 Å². The van der Waals surface area contributed by atoms with E-state index in [2.05, 4.69) is 10.6 Å². The summed E-state index contributed by atoms with van der Waals surface area (Å²) in [6.45, 7) is 10.7. The van der Waals surface area contributed by atoms with Gasteiger partial charge in [0.25, 0.3) is 11.8 Å². The highest BCUT2D eigenvalue weighted by Crippen LogP contribution is 2.43. The number of pyridine rings is 1. The molecule has 4 amide bonds. The fraction of sp³-hybridized carbons (Fsp3) is 0.327. The number of esters is 1. The second-order valence-electron chi connectivity index (χ2n) is 17.8. The number of nitrogens with zero attached hydrogens (tertiary/aromatic N) is 3. The topological polar surface area (TPSA) is 174 Å². The van der Waals surface area contributed by atoms with Gasteiger partial charge in [0.2, 0.25) is 12.5 Å². The van der Waals surface area contributed by atoms with Crippen molar-refractivity contribution >= 4 is 53.4 Å². The van der Waals surface area contributed by atoms with Crippen LogP contribution in [0.3, 0.4) is 0 Å². The summed E-state index contributed by atoms with van der Waals surface area (Å²) in [4.78, 5) is 82.7. The first-order chi connectivity index (χ1) is 31.3. The zero-order chi connectivity index (χ0) is 47.3. The van der Waals surface area contributed by atoms with Crippen molar-refractivity contribution in [1.29, 1.82) is 0 Å². The number of allylic oxidation sites excluding steroid dienone is 1. The van der Waals surface area contributed by atoms with Gasteiger partial charge in [0.1, 0.15) is 39.9 Å². The number of aromatic nitrogens is 1. The van der Waals surface area contributed by atoms with Crippen LogP contribution in [0.1, 0.15) is 70.8 Å². The highest BCUT2D eigenvalue weighted by molar-refractivity contribution is 8.00. The number of carbonyl (C=O) groups is 6. The van der Waals surface area contributed by atoms with Crippen LogP contribution in [0.25, 0.3) is 0 Å². The number of fused-ring (bicyclic) bond motifs is 1. The van der Waals surface area contributed by atoms with Crippen molar-refractivity contribution in [2.45, 2.75) is 89.8 Å². The number of thioether (sulfide) groups is 1. The SMILES string of the molecule is CC(C)(C)OC(=O)N[C@@H]1C(=O)N2C(C(=O)OC(c3ccccc3)c3ccccc3)=C(C=C3CCN(Cc4cc[n+](CC(=O)Nc5ccc(OC(=O)OC(C)(C)C)cc5F)cc4)C3=O)CS[C@H]12.[Br-]. The number of alkyl carbamates (subject to hydrolysis) is 1. The molecule has 7 rings (SSSR count). The Morgan fingerprint density at radius 3 is 2.10 bits per heavy atom. The molecule has 0 spiro atoms. The number of carbonyl (C=O) groups excluding carboxylic acids is 6. The minimum absolute atomic E-state index is 0. The zero-order valence-electron chi connectivity index (χ0n) is 37.7. The third kappa shape index (κ3) is 12.7. The lowest BCUT2D eigenvalue weighted by Crippen LogP contribution is -3.00. The number of ether oxygens (including phenoxy) is 4. The highest BCUT2D eigenvalue weighted by atomic mass is 79.9. The van der Waals surface area contributed by atoms with E-state index in [-0.39, 0.29) is 58.9 Å². The Hall–Kier alpha value is -6.53. The zero-order valence-corrected chi connectivity index (χ0v) is 40.2. The Morgan fingerprint density at radius 2 is 1.51 bits per heavy atom. The Kier molecular flexibility index (Phi) is 15.6. The maximum atomic E-state index is 14.8. The molecule has 3 aliphatic heterocycles. The fourth-order valence-corrected chi connectivity index (χ4v) is 8.70. The van der Waals surface area contributed by atoms with E-state index in [1.54, 1.807) is 81.6 Å². The lowest BCUT2D eigenvalue weighted by Gasteiger charge is -2.49. The molecule has 2 saturated heterocycles. The fourth-order valence-electron chi connectivity index (χ4n) is 7.39. The number of benzene rings is 3. The molecular formula is C49H51BrFN5O10S. The summed E-state index contributed by atoms with van der Waals surface area (Å²) in [5.41, 5.74) is 1.45. The molecule has 15 nitrogen and oxygen atoms in total. The molecule has 0 radical (unpaired) electrons. The van der Waals surface area contributed by atoms with Crippen molar-refractivity contribution in [1.82, 2.24) is 15.1 Å². The number of amides is 4. The number of hydrogen-bond donors (Lipinski definition) is 2. The quantitative estimate of drug-likeness (QED) is 0.0523. The first-order valence-electron chi connectivity index (χ1n) is 21.3. The minimum atomic E-state index is -0.985. The van der Waals surface area contributed by atoms with Gasteiger partial charge < -0.3 is 51.5 Å². The maximum absolute atomic E-state index is 14.8. The van der Waals surface area contributed by atoms with Crippen LogP contribution >= 0.6 is 11.8 Å². The van der Waals surface area contributed by atoms with Gasteiger partial charge in [-0.05, 0) is 88.4 Å². The number of rotatable bonds is 12. The second-order valence-corrected chi connectivity index (χ2v) is 18.9. The molecule has 4 heterocycles. The molecule has 0 bridgehead atoms. The Morgan fingerprint density at radius 1 is 0.881 bits per heavy atom. The summed E-state index contributed by atoms with van der Waals surface area (Å²) in [7, 11) is 0. The summed E-state index contributed by atoms with van der Waals surface area (Å²) >= 11 is 1.35. The number of anilines is 1. The normalized spacial score (nSPS) is 17.6. The van der Waals surface area contributed by atoms with E-state index in [1.807, 2.05) is 60.7 Å². The molecule has 67 heavy (non-hydrogen) atoms. The van der Waals surface area contributed by atoms with E-state index < -0.39 is 64.6 Å². The van der Waals surface area contributed by atoms with Crippen molar-refractivity contribution in [3.05, 3.63) is 149 Å². The van der Waals surface area contributed by atoms with Crippen molar-refractivity contribution < 1.29 is 73.7 Å². The molecule has 1 aromatic heterocycles. The first kappa shape index (κ1) is 49.9. The largest absolute Gasteiger partial charge is 1.00 e. The number of nitrogens with one attached hydrogen (secondary N) is 2. The summed E-state index contributed by atoms with van der Waals surface area (Å²) in [6.07, 6.45) is 2.85. The molecular weight excluding hydrogens is 950 g/mol. The average Bonchev–Trinajstić information content (AvgIpc) is 3.59. The minimum Gasteiger partial charge on any atom is -1.00 e. The van der Waals surface area contributed by atoms with Crippen LogP contribution < -0.4 is 36.9 Å². The molecule has 4 aromatic rings. The van der Waals surface area contributed by atoms with Gasteiger partial charge in [0, 0.05) is 42.6 Å². The maximum Gasteiger partial charge on any atom is 0.514 e. The third-order valence-corrected chi connectivity index (χ3v) is 11.6. The van der Waals surface area contributed by atoms with Gasteiger partial charge >= 0.3 is 18.2 Å². The molecule has 0 aliphatic carbocycles.